The fraction of sp³-hybridized carbons (Fsp3) is 0.190. The summed E-state index contributed by atoms with van der Waals surface area (Å²) in [7, 11) is 0. The highest BCUT2D eigenvalue weighted by Gasteiger charge is 2.11. The number of carboxylic acids is 1. The molecule has 26 heavy (non-hydrogen) atoms. The van der Waals surface area contributed by atoms with Gasteiger partial charge in [-0.2, -0.15) is 0 Å². The van der Waals surface area contributed by atoms with Gasteiger partial charge in [-0.15, -0.1) is 0 Å². The molecule has 5 heteroatoms. The third kappa shape index (κ3) is 4.46. The highest BCUT2D eigenvalue weighted by molar-refractivity contribution is 6.32. The Labute approximate surface area is 156 Å². The molecule has 0 heterocycles. The van der Waals surface area contributed by atoms with Crippen molar-refractivity contribution in [2.45, 2.75) is 12.8 Å². The number of hydrogen-bond acceptors (Lipinski definition) is 3. The van der Waals surface area contributed by atoms with E-state index in [0.29, 0.717) is 36.2 Å². The van der Waals surface area contributed by atoms with Crippen LogP contribution in [-0.4, -0.2) is 24.3 Å². The fourth-order valence-corrected chi connectivity index (χ4v) is 3.00. The van der Waals surface area contributed by atoms with Crippen LogP contribution in [0.4, 0.5) is 0 Å². The molecule has 4 nitrogen and oxygen atoms in total. The third-order valence-corrected chi connectivity index (χ3v) is 4.33. The van der Waals surface area contributed by atoms with Crippen LogP contribution in [0.5, 0.6) is 11.5 Å². The lowest BCUT2D eigenvalue weighted by Gasteiger charge is -2.14. The normalized spacial score (nSPS) is 10.7. The molecule has 1 N–H and O–H groups in total. The van der Waals surface area contributed by atoms with E-state index in [1.165, 1.54) is 0 Å². The van der Waals surface area contributed by atoms with E-state index in [1.54, 1.807) is 12.1 Å². The highest BCUT2D eigenvalue weighted by Crippen LogP contribution is 2.29. The summed E-state index contributed by atoms with van der Waals surface area (Å²) >= 11 is 6.06. The Morgan fingerprint density at radius 1 is 0.885 bits per heavy atom. The van der Waals surface area contributed by atoms with Gasteiger partial charge in [0.05, 0.1) is 5.02 Å². The van der Waals surface area contributed by atoms with Gasteiger partial charge in [-0.25, -0.2) is 0 Å². The first-order valence-electron chi connectivity index (χ1n) is 8.37. The van der Waals surface area contributed by atoms with E-state index in [0.717, 1.165) is 16.3 Å². The van der Waals surface area contributed by atoms with Gasteiger partial charge in [0, 0.05) is 12.0 Å². The van der Waals surface area contributed by atoms with Crippen LogP contribution < -0.4 is 9.47 Å². The monoisotopic (exact) mass is 370 g/mol. The molecule has 0 saturated carbocycles. The van der Waals surface area contributed by atoms with Crippen molar-refractivity contribution >= 4 is 28.3 Å². The third-order valence-electron chi connectivity index (χ3n) is 4.02. The van der Waals surface area contributed by atoms with Gasteiger partial charge in [0.15, 0.2) is 0 Å². The number of benzene rings is 3. The number of hydrogen-bond donors (Lipinski definition) is 1. The van der Waals surface area contributed by atoms with Crippen molar-refractivity contribution in [3.8, 4) is 11.5 Å². The van der Waals surface area contributed by atoms with Gasteiger partial charge in [-0.05, 0) is 35.4 Å². The van der Waals surface area contributed by atoms with Crippen LogP contribution in [0.3, 0.4) is 0 Å². The van der Waals surface area contributed by atoms with Crippen LogP contribution >= 0.6 is 11.6 Å². The van der Waals surface area contributed by atoms with E-state index in [2.05, 4.69) is 0 Å². The summed E-state index contributed by atoms with van der Waals surface area (Å²) in [6.07, 6.45) is 0.470. The second-order valence-electron chi connectivity index (χ2n) is 5.78. The predicted molar refractivity (Wildman–Crippen MR) is 102 cm³/mol. The van der Waals surface area contributed by atoms with Crippen molar-refractivity contribution in [3.63, 3.8) is 0 Å². The van der Waals surface area contributed by atoms with Gasteiger partial charge in [-0.1, -0.05) is 54.1 Å². The molecule has 0 bridgehead atoms. The highest BCUT2D eigenvalue weighted by atomic mass is 35.5. The Morgan fingerprint density at radius 3 is 2.35 bits per heavy atom. The van der Waals surface area contributed by atoms with Crippen LogP contribution in [0.2, 0.25) is 5.02 Å². The number of rotatable bonds is 8. The molecule has 0 aromatic heterocycles. The molecule has 0 spiro atoms. The molecule has 0 unspecified atom stereocenters. The average Bonchev–Trinajstić information content (AvgIpc) is 2.65. The molecule has 0 aliphatic heterocycles. The lowest BCUT2D eigenvalue weighted by Crippen LogP contribution is -2.10. The molecule has 0 fully saturated rings. The van der Waals surface area contributed by atoms with E-state index < -0.39 is 5.97 Å². The Bertz CT molecular complexity index is 907. The standard InChI is InChI=1S/C21H19ClO4/c22-18-7-3-4-8-20(18)26-14-13-25-19-11-9-15-5-1-2-6-16(15)17(19)10-12-21(23)24/h1-9,11H,10,12-14H2,(H,23,24). The Balaban J connectivity index is 1.71. The number of aryl methyl sites for hydroxylation is 1. The zero-order chi connectivity index (χ0) is 18.4. The minimum Gasteiger partial charge on any atom is -0.490 e. The number of halogens is 1. The number of para-hydroxylation sites is 1. The Hall–Kier alpha value is -2.72. The number of carbonyl (C=O) groups is 1. The molecule has 0 aliphatic carbocycles. The first-order valence-corrected chi connectivity index (χ1v) is 8.75. The quantitative estimate of drug-likeness (QED) is 0.569. The molecular formula is C21H19ClO4. The van der Waals surface area contributed by atoms with Crippen molar-refractivity contribution in [2.24, 2.45) is 0 Å². The predicted octanol–water partition coefficient (Wildman–Crippen LogP) is 4.97. The van der Waals surface area contributed by atoms with Gasteiger partial charge in [0.2, 0.25) is 0 Å². The van der Waals surface area contributed by atoms with Gasteiger partial charge in [-0.3, -0.25) is 4.79 Å². The maximum absolute atomic E-state index is 11.0. The summed E-state index contributed by atoms with van der Waals surface area (Å²) < 4.78 is 11.5. The van der Waals surface area contributed by atoms with Gasteiger partial charge >= 0.3 is 5.97 Å². The molecule has 3 aromatic rings. The van der Waals surface area contributed by atoms with E-state index >= 15 is 0 Å². The van der Waals surface area contributed by atoms with Crippen molar-refractivity contribution in [1.29, 1.82) is 0 Å². The number of ether oxygens (including phenoxy) is 2. The summed E-state index contributed by atoms with van der Waals surface area (Å²) in [5.74, 6) is 0.473. The first kappa shape index (κ1) is 18.1. The number of carboxylic acid groups (broad SMARTS) is 1. The van der Waals surface area contributed by atoms with E-state index in [-0.39, 0.29) is 6.42 Å². The van der Waals surface area contributed by atoms with Crippen molar-refractivity contribution in [3.05, 3.63) is 71.2 Å². The van der Waals surface area contributed by atoms with Crippen LogP contribution in [0.1, 0.15) is 12.0 Å². The minimum absolute atomic E-state index is 0.0560. The maximum Gasteiger partial charge on any atom is 0.303 e. The lowest BCUT2D eigenvalue weighted by molar-refractivity contribution is -0.136. The molecule has 3 aromatic carbocycles. The molecular weight excluding hydrogens is 352 g/mol. The van der Waals surface area contributed by atoms with Gasteiger partial charge in [0.1, 0.15) is 24.7 Å². The zero-order valence-electron chi connectivity index (χ0n) is 14.2. The largest absolute Gasteiger partial charge is 0.490 e. The van der Waals surface area contributed by atoms with E-state index in [1.807, 2.05) is 48.5 Å². The van der Waals surface area contributed by atoms with E-state index in [4.69, 9.17) is 26.2 Å². The number of fused-ring (bicyclic) bond motifs is 1. The fourth-order valence-electron chi connectivity index (χ4n) is 2.81. The molecule has 134 valence electrons. The lowest BCUT2D eigenvalue weighted by atomic mass is 10.00. The zero-order valence-corrected chi connectivity index (χ0v) is 14.9. The molecule has 3 rings (SSSR count). The van der Waals surface area contributed by atoms with Crippen LogP contribution in [0.25, 0.3) is 10.8 Å². The molecule has 0 saturated heterocycles. The molecule has 0 amide bonds. The second kappa shape index (κ2) is 8.59. The molecule has 0 atom stereocenters. The maximum atomic E-state index is 11.0. The molecule has 0 radical (unpaired) electrons. The summed E-state index contributed by atoms with van der Waals surface area (Å²) in [6.45, 7) is 0.679. The molecule has 0 aliphatic rings. The first-order chi connectivity index (χ1) is 12.6. The Morgan fingerprint density at radius 2 is 1.58 bits per heavy atom. The minimum atomic E-state index is -0.828. The number of aliphatic carboxylic acids is 1. The average molecular weight is 371 g/mol. The van der Waals surface area contributed by atoms with Gasteiger partial charge < -0.3 is 14.6 Å². The Kier molecular flexibility index (Phi) is 5.97. The smallest absolute Gasteiger partial charge is 0.303 e. The summed E-state index contributed by atoms with van der Waals surface area (Å²) in [5.41, 5.74) is 0.906. The van der Waals surface area contributed by atoms with Crippen LogP contribution in [-0.2, 0) is 11.2 Å². The summed E-state index contributed by atoms with van der Waals surface area (Å²) in [4.78, 5) is 11.0. The van der Waals surface area contributed by atoms with Crippen LogP contribution in [0, 0.1) is 0 Å². The SMILES string of the molecule is O=C(O)CCc1c(OCCOc2ccccc2Cl)ccc2ccccc12. The van der Waals surface area contributed by atoms with E-state index in [9.17, 15) is 4.79 Å². The van der Waals surface area contributed by atoms with Gasteiger partial charge in [0.25, 0.3) is 0 Å². The van der Waals surface area contributed by atoms with Crippen molar-refractivity contribution < 1.29 is 19.4 Å². The topological polar surface area (TPSA) is 55.8 Å². The summed E-state index contributed by atoms with van der Waals surface area (Å²) in [5, 5.41) is 11.7. The summed E-state index contributed by atoms with van der Waals surface area (Å²) in [6, 6.07) is 19.0. The second-order valence-corrected chi connectivity index (χ2v) is 6.19. The van der Waals surface area contributed by atoms with Crippen molar-refractivity contribution in [2.75, 3.05) is 13.2 Å². The van der Waals surface area contributed by atoms with Crippen LogP contribution in [0.15, 0.2) is 60.7 Å². The van der Waals surface area contributed by atoms with Crippen molar-refractivity contribution in [1.82, 2.24) is 0 Å².